The predicted octanol–water partition coefficient (Wildman–Crippen LogP) is 4.58. The van der Waals surface area contributed by atoms with Gasteiger partial charge in [0.25, 0.3) is 0 Å². The standard InChI is InChI=1S/C25H32Cl2N4O2/c26-12-17-31(18-13-27)23-9-3-20(4-10-23)19-25(33)29-22-7-5-21(6-8-22)28-24(32)11-16-30-14-1-2-15-30/h3-10H,1-2,11-19H2,(H,28,32)(H,29,33). The van der Waals surface area contributed by atoms with Gasteiger partial charge in [0.1, 0.15) is 0 Å². The van der Waals surface area contributed by atoms with Crippen LogP contribution in [0.2, 0.25) is 0 Å². The average molecular weight is 491 g/mol. The normalized spacial score (nSPS) is 13.6. The van der Waals surface area contributed by atoms with Crippen molar-refractivity contribution in [2.75, 3.05) is 60.0 Å². The van der Waals surface area contributed by atoms with Crippen LogP contribution < -0.4 is 15.5 Å². The fraction of sp³-hybridized carbons (Fsp3) is 0.440. The molecule has 1 aliphatic heterocycles. The first-order chi connectivity index (χ1) is 16.1. The summed E-state index contributed by atoms with van der Waals surface area (Å²) < 4.78 is 0. The second-order valence-electron chi connectivity index (χ2n) is 8.18. The lowest BCUT2D eigenvalue weighted by molar-refractivity contribution is -0.117. The molecule has 0 spiro atoms. The molecule has 2 aromatic carbocycles. The van der Waals surface area contributed by atoms with Gasteiger partial charge in [0.2, 0.25) is 11.8 Å². The molecule has 0 unspecified atom stereocenters. The van der Waals surface area contributed by atoms with Gasteiger partial charge >= 0.3 is 0 Å². The largest absolute Gasteiger partial charge is 0.369 e. The molecule has 1 heterocycles. The Labute approximate surface area is 206 Å². The van der Waals surface area contributed by atoms with E-state index >= 15 is 0 Å². The monoisotopic (exact) mass is 490 g/mol. The lowest BCUT2D eigenvalue weighted by atomic mass is 10.1. The first-order valence-corrected chi connectivity index (χ1v) is 12.5. The molecule has 2 N–H and O–H groups in total. The number of likely N-dealkylation sites (tertiary alicyclic amines) is 1. The molecule has 0 bridgehead atoms. The Morgan fingerprint density at radius 2 is 1.36 bits per heavy atom. The van der Waals surface area contributed by atoms with Crippen molar-refractivity contribution in [2.45, 2.75) is 25.7 Å². The van der Waals surface area contributed by atoms with Crippen molar-refractivity contribution in [3.63, 3.8) is 0 Å². The highest BCUT2D eigenvalue weighted by Gasteiger charge is 2.13. The van der Waals surface area contributed by atoms with E-state index in [1.165, 1.54) is 12.8 Å². The Kier molecular flexibility index (Phi) is 10.3. The van der Waals surface area contributed by atoms with E-state index in [-0.39, 0.29) is 18.2 Å². The molecule has 0 saturated carbocycles. The summed E-state index contributed by atoms with van der Waals surface area (Å²) in [5.41, 5.74) is 3.39. The first kappa shape index (κ1) is 25.3. The Morgan fingerprint density at radius 1 is 0.818 bits per heavy atom. The van der Waals surface area contributed by atoms with Gasteiger partial charge in [-0.15, -0.1) is 23.2 Å². The van der Waals surface area contributed by atoms with Crippen molar-refractivity contribution in [1.29, 1.82) is 0 Å². The summed E-state index contributed by atoms with van der Waals surface area (Å²) in [6.45, 7) is 4.43. The van der Waals surface area contributed by atoms with Crippen molar-refractivity contribution >= 4 is 52.1 Å². The molecule has 0 aliphatic carbocycles. The van der Waals surface area contributed by atoms with Crippen LogP contribution in [-0.2, 0) is 16.0 Å². The van der Waals surface area contributed by atoms with Crippen molar-refractivity contribution in [3.05, 3.63) is 54.1 Å². The topological polar surface area (TPSA) is 64.7 Å². The quantitative estimate of drug-likeness (QED) is 0.427. The lowest BCUT2D eigenvalue weighted by Gasteiger charge is -2.23. The molecule has 1 aliphatic rings. The van der Waals surface area contributed by atoms with Crippen LogP contribution in [0.15, 0.2) is 48.5 Å². The highest BCUT2D eigenvalue weighted by Crippen LogP contribution is 2.18. The Morgan fingerprint density at radius 3 is 1.91 bits per heavy atom. The molecule has 1 saturated heterocycles. The molecule has 6 nitrogen and oxygen atoms in total. The Hall–Kier alpha value is -2.28. The molecule has 0 atom stereocenters. The molecular formula is C25H32Cl2N4O2. The molecule has 8 heteroatoms. The van der Waals surface area contributed by atoms with Crippen molar-refractivity contribution in [2.24, 2.45) is 0 Å². The van der Waals surface area contributed by atoms with E-state index in [1.807, 2.05) is 24.3 Å². The third kappa shape index (κ3) is 8.54. The van der Waals surface area contributed by atoms with Crippen LogP contribution in [-0.4, -0.2) is 61.2 Å². The number of nitrogens with one attached hydrogen (secondary N) is 2. The highest BCUT2D eigenvalue weighted by atomic mass is 35.5. The number of nitrogens with zero attached hydrogens (tertiary/aromatic N) is 2. The van der Waals surface area contributed by atoms with E-state index in [2.05, 4.69) is 20.4 Å². The molecular weight excluding hydrogens is 459 g/mol. The minimum absolute atomic E-state index is 0.0118. The molecule has 1 fully saturated rings. The van der Waals surface area contributed by atoms with Crippen LogP contribution in [0.1, 0.15) is 24.8 Å². The van der Waals surface area contributed by atoms with Gasteiger partial charge in [0.15, 0.2) is 0 Å². The molecule has 33 heavy (non-hydrogen) atoms. The Bertz CT molecular complexity index is 878. The molecule has 178 valence electrons. The molecule has 3 rings (SSSR count). The fourth-order valence-corrected chi connectivity index (χ4v) is 4.32. The van der Waals surface area contributed by atoms with Gasteiger partial charge in [-0.2, -0.15) is 0 Å². The first-order valence-electron chi connectivity index (χ1n) is 11.5. The highest BCUT2D eigenvalue weighted by molar-refractivity contribution is 6.18. The number of carbonyl (C=O) groups is 2. The molecule has 2 amide bonds. The summed E-state index contributed by atoms with van der Waals surface area (Å²) in [5, 5.41) is 5.83. The van der Waals surface area contributed by atoms with Crippen LogP contribution in [0.3, 0.4) is 0 Å². The van der Waals surface area contributed by atoms with Crippen molar-refractivity contribution in [3.8, 4) is 0 Å². The minimum atomic E-state index is -0.0940. The summed E-state index contributed by atoms with van der Waals surface area (Å²) in [5.74, 6) is 0.978. The van der Waals surface area contributed by atoms with Crippen LogP contribution in [0.25, 0.3) is 0 Å². The summed E-state index contributed by atoms with van der Waals surface area (Å²) in [7, 11) is 0. The van der Waals surface area contributed by atoms with E-state index in [0.717, 1.165) is 49.7 Å². The third-order valence-electron chi connectivity index (χ3n) is 5.68. The van der Waals surface area contributed by atoms with Gasteiger partial charge in [-0.05, 0) is 67.9 Å². The van der Waals surface area contributed by atoms with E-state index in [4.69, 9.17) is 23.2 Å². The maximum Gasteiger partial charge on any atom is 0.228 e. The van der Waals surface area contributed by atoms with E-state index in [0.29, 0.717) is 23.9 Å². The lowest BCUT2D eigenvalue weighted by Crippen LogP contribution is -2.27. The smallest absolute Gasteiger partial charge is 0.228 e. The third-order valence-corrected chi connectivity index (χ3v) is 6.02. The maximum atomic E-state index is 12.4. The van der Waals surface area contributed by atoms with Crippen LogP contribution in [0.5, 0.6) is 0 Å². The SMILES string of the molecule is O=C(CCN1CCCC1)Nc1ccc(NC(=O)Cc2ccc(N(CCCl)CCCl)cc2)cc1. The average Bonchev–Trinajstić information content (AvgIpc) is 3.33. The van der Waals surface area contributed by atoms with Crippen LogP contribution in [0, 0.1) is 0 Å². The van der Waals surface area contributed by atoms with Crippen molar-refractivity contribution < 1.29 is 9.59 Å². The second-order valence-corrected chi connectivity index (χ2v) is 8.94. The van der Waals surface area contributed by atoms with Gasteiger partial charge in [-0.3, -0.25) is 9.59 Å². The van der Waals surface area contributed by atoms with Gasteiger partial charge in [0.05, 0.1) is 6.42 Å². The summed E-state index contributed by atoms with van der Waals surface area (Å²) in [4.78, 5) is 29.0. The summed E-state index contributed by atoms with van der Waals surface area (Å²) in [6.07, 6.45) is 3.22. The summed E-state index contributed by atoms with van der Waals surface area (Å²) in [6, 6.07) is 15.1. The zero-order valence-electron chi connectivity index (χ0n) is 18.9. The van der Waals surface area contributed by atoms with E-state index in [9.17, 15) is 9.59 Å². The number of anilines is 3. The Balaban J connectivity index is 1.44. The second kappa shape index (κ2) is 13.4. The molecule has 0 aromatic heterocycles. The molecule has 0 radical (unpaired) electrons. The van der Waals surface area contributed by atoms with Gasteiger partial charge in [-0.25, -0.2) is 0 Å². The zero-order valence-corrected chi connectivity index (χ0v) is 20.4. The number of amides is 2. The fourth-order valence-electron chi connectivity index (χ4n) is 3.92. The van der Waals surface area contributed by atoms with Gasteiger partial charge in [0, 0.05) is 54.9 Å². The summed E-state index contributed by atoms with van der Waals surface area (Å²) >= 11 is 11.7. The number of halogens is 2. The number of carbonyl (C=O) groups excluding carboxylic acids is 2. The van der Waals surface area contributed by atoms with Crippen LogP contribution >= 0.6 is 23.2 Å². The minimum Gasteiger partial charge on any atom is -0.369 e. The van der Waals surface area contributed by atoms with Gasteiger partial charge < -0.3 is 20.4 Å². The van der Waals surface area contributed by atoms with Crippen LogP contribution in [0.4, 0.5) is 17.1 Å². The number of hydrogen-bond acceptors (Lipinski definition) is 4. The van der Waals surface area contributed by atoms with E-state index < -0.39 is 0 Å². The number of rotatable bonds is 12. The van der Waals surface area contributed by atoms with Crippen molar-refractivity contribution in [1.82, 2.24) is 4.90 Å². The number of benzene rings is 2. The number of alkyl halides is 2. The maximum absolute atomic E-state index is 12.4. The van der Waals surface area contributed by atoms with Gasteiger partial charge in [-0.1, -0.05) is 12.1 Å². The number of hydrogen-bond donors (Lipinski definition) is 2. The van der Waals surface area contributed by atoms with E-state index in [1.54, 1.807) is 24.3 Å². The predicted molar refractivity (Wildman–Crippen MR) is 138 cm³/mol. The zero-order chi connectivity index (χ0) is 23.5. The molecule has 2 aromatic rings.